The number of phosphoric acid groups is 1. The quantitative estimate of drug-likeness (QED) is 0.307. The lowest BCUT2D eigenvalue weighted by Crippen LogP contribution is -2.34. The number of unbranched alkanes of at least 4 members (excludes halogenated alkanes) is 1. The van der Waals surface area contributed by atoms with Crippen molar-refractivity contribution < 1.29 is 37.9 Å². The molecule has 0 spiro atoms. The van der Waals surface area contributed by atoms with E-state index in [9.17, 15) is 19.4 Å². The van der Waals surface area contributed by atoms with Crippen LogP contribution in [-0.4, -0.2) is 81.0 Å². The molecule has 1 aromatic rings. The van der Waals surface area contributed by atoms with Crippen LogP contribution in [0.2, 0.25) is 0 Å². The molecule has 4 unspecified atom stereocenters. The molecule has 0 aliphatic carbocycles. The fourth-order valence-electron chi connectivity index (χ4n) is 6.52. The monoisotopic (exact) mass is 672 g/mol. The number of phosphoric ester groups is 1. The first-order valence-electron chi connectivity index (χ1n) is 16.6. The number of carbonyl (C=O) groups excluding carboxylic acids is 1. The molecular weight excluding hydrogens is 619 g/mol. The third-order valence-corrected chi connectivity index (χ3v) is 13.2. The number of hydrogen-bond donors (Lipinski definition) is 2. The third-order valence-electron chi connectivity index (χ3n) is 9.03. The van der Waals surface area contributed by atoms with Gasteiger partial charge in [0.15, 0.2) is 0 Å². The molecule has 4 rings (SSSR count). The Morgan fingerprint density at radius 2 is 1.77 bits per heavy atom. The van der Waals surface area contributed by atoms with Crippen LogP contribution >= 0.6 is 31.3 Å². The van der Waals surface area contributed by atoms with Gasteiger partial charge in [-0.05, 0) is 74.9 Å². The number of ether oxygens (including phenoxy) is 2. The second-order valence-corrected chi connectivity index (χ2v) is 16.4. The van der Waals surface area contributed by atoms with Crippen LogP contribution in [0, 0.1) is 5.92 Å². The molecule has 0 saturated carbocycles. The Morgan fingerprint density at radius 1 is 1.00 bits per heavy atom. The third kappa shape index (κ3) is 10.8. The van der Waals surface area contributed by atoms with Crippen molar-refractivity contribution in [2.24, 2.45) is 5.92 Å². The topological polar surface area (TPSA) is 112 Å². The van der Waals surface area contributed by atoms with Crippen LogP contribution in [0.3, 0.4) is 0 Å². The largest absolute Gasteiger partial charge is 0.472 e. The van der Waals surface area contributed by atoms with E-state index in [0.717, 1.165) is 62.0 Å². The second kappa shape index (κ2) is 18.2. The van der Waals surface area contributed by atoms with Gasteiger partial charge in [-0.2, -0.15) is 23.5 Å². The van der Waals surface area contributed by atoms with Gasteiger partial charge < -0.3 is 19.5 Å². The number of Topliss-reactive ketones (excluding diaryl/α,β-unsaturated/α-hetero) is 1. The van der Waals surface area contributed by atoms with Crippen LogP contribution in [0.25, 0.3) is 0 Å². The van der Waals surface area contributed by atoms with E-state index in [-0.39, 0.29) is 35.4 Å². The van der Waals surface area contributed by atoms with E-state index in [1.807, 2.05) is 44.2 Å². The molecule has 250 valence electrons. The molecule has 0 aromatic heterocycles. The van der Waals surface area contributed by atoms with E-state index in [2.05, 4.69) is 6.92 Å². The Kier molecular flexibility index (Phi) is 15.1. The Balaban J connectivity index is 1.49. The van der Waals surface area contributed by atoms with Crippen molar-refractivity contribution in [2.45, 2.75) is 139 Å². The van der Waals surface area contributed by atoms with Gasteiger partial charge in [0.2, 0.25) is 0 Å². The minimum atomic E-state index is -4.48. The van der Waals surface area contributed by atoms with E-state index >= 15 is 0 Å². The normalized spacial score (nSPS) is 38.6. The zero-order valence-corrected chi connectivity index (χ0v) is 29.1. The first-order chi connectivity index (χ1) is 21.2. The van der Waals surface area contributed by atoms with Crippen LogP contribution in [0.5, 0.6) is 0 Å². The zero-order chi connectivity index (χ0) is 31.5. The van der Waals surface area contributed by atoms with Gasteiger partial charge >= 0.3 is 7.82 Å². The molecule has 2 N–H and O–H groups in total. The number of ketones is 1. The van der Waals surface area contributed by atoms with Crippen LogP contribution in [0.15, 0.2) is 30.3 Å². The highest BCUT2D eigenvalue weighted by atomic mass is 32.2. The molecule has 3 aliphatic rings. The summed E-state index contributed by atoms with van der Waals surface area (Å²) in [6.07, 6.45) is 6.54. The van der Waals surface area contributed by atoms with Gasteiger partial charge in [0, 0.05) is 12.8 Å². The summed E-state index contributed by atoms with van der Waals surface area (Å²) in [5.41, 5.74) is 1.10. The summed E-state index contributed by atoms with van der Waals surface area (Å²) in [6, 6.07) is 9.99. The number of carbonyl (C=O) groups is 1. The molecule has 3 saturated heterocycles. The first-order valence-corrected chi connectivity index (χ1v) is 20.2. The number of aliphatic hydroxyl groups is 1. The van der Waals surface area contributed by atoms with Crippen molar-refractivity contribution in [1.29, 1.82) is 0 Å². The molecule has 3 heterocycles. The summed E-state index contributed by atoms with van der Waals surface area (Å²) in [7, 11) is -4.48. The highest BCUT2D eigenvalue weighted by Gasteiger charge is 2.48. The Morgan fingerprint density at radius 3 is 2.52 bits per heavy atom. The van der Waals surface area contributed by atoms with E-state index in [0.29, 0.717) is 37.4 Å². The molecule has 0 amide bonds. The molecule has 11 heteroatoms. The van der Waals surface area contributed by atoms with Gasteiger partial charge in [0.1, 0.15) is 18.0 Å². The highest BCUT2D eigenvalue weighted by Crippen LogP contribution is 2.50. The van der Waals surface area contributed by atoms with Gasteiger partial charge in [-0.25, -0.2) is 4.57 Å². The molecular formula is C33H53O8PS2. The van der Waals surface area contributed by atoms with Crippen LogP contribution < -0.4 is 0 Å². The SMILES string of the molecule is CCCCC1CCCC(=O)CCCCS[C@H]2C(O)[C@@H](COP(=O)(O)OC3[C@@H](CC)O[C@@H](C)[C@H]3SC1)O[C@H]2Cc1ccccc1. The summed E-state index contributed by atoms with van der Waals surface area (Å²) in [5.74, 6) is 2.50. The van der Waals surface area contributed by atoms with Gasteiger partial charge in [0.05, 0.1) is 41.5 Å². The highest BCUT2D eigenvalue weighted by molar-refractivity contribution is 8.00. The first kappa shape index (κ1) is 36.4. The van der Waals surface area contributed by atoms with Crippen molar-refractivity contribution in [2.75, 3.05) is 18.1 Å². The molecule has 3 aliphatic heterocycles. The lowest BCUT2D eigenvalue weighted by atomic mass is 9.96. The average molecular weight is 673 g/mol. The number of aliphatic hydroxyl groups excluding tert-OH is 1. The fourth-order valence-corrected chi connectivity index (χ4v) is 10.6. The predicted molar refractivity (Wildman–Crippen MR) is 178 cm³/mol. The zero-order valence-electron chi connectivity index (χ0n) is 26.6. The molecule has 3 fully saturated rings. The predicted octanol–water partition coefficient (Wildman–Crippen LogP) is 6.99. The average Bonchev–Trinajstić information content (AvgIpc) is 3.46. The fraction of sp³-hybridized carbons (Fsp3) is 0.788. The van der Waals surface area contributed by atoms with E-state index < -0.39 is 26.1 Å². The van der Waals surface area contributed by atoms with Crippen molar-refractivity contribution in [1.82, 2.24) is 0 Å². The molecule has 0 radical (unpaired) electrons. The Hall–Kier alpha value is -0.420. The number of thioether (sulfide) groups is 2. The number of rotatable bonds is 6. The Labute approximate surface area is 272 Å². The molecule has 1 aromatic carbocycles. The summed E-state index contributed by atoms with van der Waals surface area (Å²) in [4.78, 5) is 23.6. The van der Waals surface area contributed by atoms with Crippen molar-refractivity contribution in [3.63, 3.8) is 0 Å². The summed E-state index contributed by atoms with van der Waals surface area (Å²) in [6.45, 7) is 5.94. The smallest absolute Gasteiger partial charge is 0.389 e. The maximum Gasteiger partial charge on any atom is 0.472 e. The van der Waals surface area contributed by atoms with Crippen LogP contribution in [0.4, 0.5) is 0 Å². The lowest BCUT2D eigenvalue weighted by molar-refractivity contribution is -0.119. The van der Waals surface area contributed by atoms with Crippen molar-refractivity contribution in [3.05, 3.63) is 35.9 Å². The number of hydrogen-bond acceptors (Lipinski definition) is 9. The maximum atomic E-state index is 13.3. The Bertz CT molecular complexity index is 1050. The summed E-state index contributed by atoms with van der Waals surface area (Å²) < 4.78 is 37.2. The summed E-state index contributed by atoms with van der Waals surface area (Å²) in [5, 5.41) is 11.0. The molecule has 8 nitrogen and oxygen atoms in total. The number of fused-ring (bicyclic) bond motifs is 3. The molecule has 2 bridgehead atoms. The van der Waals surface area contributed by atoms with E-state index in [1.165, 1.54) is 0 Å². The van der Waals surface area contributed by atoms with Crippen LogP contribution in [-0.2, 0) is 34.3 Å². The molecule has 10 atom stereocenters. The minimum absolute atomic E-state index is 0.117. The van der Waals surface area contributed by atoms with Gasteiger partial charge in [0.25, 0.3) is 0 Å². The standard InChI is InChI=1S/C33H53O8PS2/c1-4-6-13-25-16-12-18-26(34)17-10-11-19-43-33-28(20-24-14-8-7-9-15-24)40-29(30(33)35)21-38-42(36,37)41-31-27(5-2)39-23(3)32(31)44-22-25/h7-9,14-15,23,25,27-33,35H,4-6,10-13,16-22H2,1-3H3,(H,36,37)/t23-,25?,27+,28-,29+,30?,31?,32+,33+/m0/s1. The maximum absolute atomic E-state index is 13.3. The van der Waals surface area contributed by atoms with Gasteiger partial charge in [-0.3, -0.25) is 13.8 Å². The van der Waals surface area contributed by atoms with E-state index in [1.54, 1.807) is 23.5 Å². The number of benzene rings is 1. The van der Waals surface area contributed by atoms with Crippen LogP contribution in [0.1, 0.15) is 90.5 Å². The molecule has 44 heavy (non-hydrogen) atoms. The van der Waals surface area contributed by atoms with Crippen molar-refractivity contribution in [3.8, 4) is 0 Å². The van der Waals surface area contributed by atoms with Gasteiger partial charge in [-0.1, -0.05) is 57.0 Å². The van der Waals surface area contributed by atoms with E-state index in [4.69, 9.17) is 18.5 Å². The summed E-state index contributed by atoms with van der Waals surface area (Å²) >= 11 is 3.41. The van der Waals surface area contributed by atoms with Crippen molar-refractivity contribution >= 4 is 37.1 Å². The van der Waals surface area contributed by atoms with Gasteiger partial charge in [-0.15, -0.1) is 0 Å². The lowest BCUT2D eigenvalue weighted by Gasteiger charge is -2.27. The second-order valence-electron chi connectivity index (χ2n) is 12.5. The minimum Gasteiger partial charge on any atom is -0.389 e.